The van der Waals surface area contributed by atoms with Crippen LogP contribution in [0.4, 0.5) is 0 Å². The molecule has 1 heterocycles. The number of ether oxygens (including phenoxy) is 2. The summed E-state index contributed by atoms with van der Waals surface area (Å²) in [5.41, 5.74) is 0. The Bertz CT molecular complexity index is 901. The van der Waals surface area contributed by atoms with Crippen LogP contribution in [0.5, 0.6) is 11.5 Å². The SMILES string of the molecule is O=C(CSc1ccc2c(c1)OCCO2)NS(=O)(=O)c1ccccc1Br. The summed E-state index contributed by atoms with van der Waals surface area (Å²) in [6, 6.07) is 11.7. The second kappa shape index (κ2) is 7.67. The molecule has 132 valence electrons. The van der Waals surface area contributed by atoms with Gasteiger partial charge in [-0.3, -0.25) is 4.79 Å². The van der Waals surface area contributed by atoms with Crippen LogP contribution in [-0.2, 0) is 14.8 Å². The first-order valence-corrected chi connectivity index (χ1v) is 10.5. The predicted molar refractivity (Wildman–Crippen MR) is 97.6 cm³/mol. The smallest absolute Gasteiger partial charge is 0.265 e. The number of carbonyl (C=O) groups excluding carboxylic acids is 1. The van der Waals surface area contributed by atoms with Crippen molar-refractivity contribution in [1.29, 1.82) is 0 Å². The third-order valence-electron chi connectivity index (χ3n) is 3.26. The molecular weight excluding hydrogens is 430 g/mol. The summed E-state index contributed by atoms with van der Waals surface area (Å²) < 4.78 is 37.9. The lowest BCUT2D eigenvalue weighted by atomic mass is 10.3. The molecule has 1 aliphatic heterocycles. The monoisotopic (exact) mass is 443 g/mol. The number of fused-ring (bicyclic) bond motifs is 1. The molecule has 0 spiro atoms. The van der Waals surface area contributed by atoms with Crippen LogP contribution in [-0.4, -0.2) is 33.3 Å². The molecule has 1 N–H and O–H groups in total. The van der Waals surface area contributed by atoms with Gasteiger partial charge in [0.1, 0.15) is 18.1 Å². The Balaban J connectivity index is 1.62. The van der Waals surface area contributed by atoms with E-state index in [4.69, 9.17) is 9.47 Å². The van der Waals surface area contributed by atoms with E-state index >= 15 is 0 Å². The quantitative estimate of drug-likeness (QED) is 0.715. The lowest BCUT2D eigenvalue weighted by Crippen LogP contribution is -2.32. The fourth-order valence-corrected chi connectivity index (χ4v) is 4.96. The summed E-state index contributed by atoms with van der Waals surface area (Å²) in [6.45, 7) is 0.987. The third-order valence-corrected chi connectivity index (χ3v) is 6.64. The minimum absolute atomic E-state index is 0.0210. The zero-order valence-electron chi connectivity index (χ0n) is 12.9. The maximum atomic E-state index is 12.3. The zero-order valence-corrected chi connectivity index (χ0v) is 16.1. The molecule has 0 saturated carbocycles. The highest BCUT2D eigenvalue weighted by Crippen LogP contribution is 2.34. The first-order chi connectivity index (χ1) is 12.0. The van der Waals surface area contributed by atoms with Gasteiger partial charge < -0.3 is 9.47 Å². The molecule has 0 bridgehead atoms. The van der Waals surface area contributed by atoms with Crippen LogP contribution in [0.25, 0.3) is 0 Å². The summed E-state index contributed by atoms with van der Waals surface area (Å²) in [6.07, 6.45) is 0. The largest absolute Gasteiger partial charge is 0.486 e. The van der Waals surface area contributed by atoms with Crippen LogP contribution in [0.3, 0.4) is 0 Å². The number of hydrogen-bond acceptors (Lipinski definition) is 6. The van der Waals surface area contributed by atoms with E-state index < -0.39 is 15.9 Å². The van der Waals surface area contributed by atoms with Gasteiger partial charge in [-0.15, -0.1) is 11.8 Å². The number of halogens is 1. The highest BCUT2D eigenvalue weighted by molar-refractivity contribution is 9.10. The Morgan fingerprint density at radius 3 is 2.60 bits per heavy atom. The van der Waals surface area contributed by atoms with Gasteiger partial charge in [0, 0.05) is 9.37 Å². The van der Waals surface area contributed by atoms with Crippen molar-refractivity contribution < 1.29 is 22.7 Å². The molecule has 0 aliphatic carbocycles. The van der Waals surface area contributed by atoms with E-state index in [1.165, 1.54) is 17.8 Å². The number of thioether (sulfide) groups is 1. The number of benzene rings is 2. The van der Waals surface area contributed by atoms with E-state index in [9.17, 15) is 13.2 Å². The molecular formula is C16H14BrNO5S2. The van der Waals surface area contributed by atoms with Gasteiger partial charge in [0.05, 0.1) is 5.75 Å². The topological polar surface area (TPSA) is 81.7 Å². The predicted octanol–water partition coefficient (Wildman–Crippen LogP) is 2.82. The third kappa shape index (κ3) is 4.47. The van der Waals surface area contributed by atoms with E-state index in [1.807, 2.05) is 0 Å². The van der Waals surface area contributed by atoms with Gasteiger partial charge in [0.25, 0.3) is 10.0 Å². The van der Waals surface area contributed by atoms with Crippen molar-refractivity contribution in [3.63, 3.8) is 0 Å². The Labute approximate surface area is 158 Å². The molecule has 0 unspecified atom stereocenters. The number of amides is 1. The van der Waals surface area contributed by atoms with Gasteiger partial charge in [-0.1, -0.05) is 12.1 Å². The van der Waals surface area contributed by atoms with Gasteiger partial charge in [-0.05, 0) is 46.3 Å². The van der Waals surface area contributed by atoms with Crippen LogP contribution < -0.4 is 14.2 Å². The maximum absolute atomic E-state index is 12.3. The molecule has 2 aromatic carbocycles. The number of rotatable bonds is 5. The van der Waals surface area contributed by atoms with Crippen LogP contribution in [0, 0.1) is 0 Å². The average molecular weight is 444 g/mol. The van der Waals surface area contributed by atoms with Crippen LogP contribution in [0.2, 0.25) is 0 Å². The van der Waals surface area contributed by atoms with Gasteiger partial charge >= 0.3 is 0 Å². The number of hydrogen-bond donors (Lipinski definition) is 1. The van der Waals surface area contributed by atoms with Crippen molar-refractivity contribution >= 4 is 43.6 Å². The molecule has 6 nitrogen and oxygen atoms in total. The zero-order chi connectivity index (χ0) is 17.9. The summed E-state index contributed by atoms with van der Waals surface area (Å²) in [5.74, 6) is 0.647. The minimum Gasteiger partial charge on any atom is -0.486 e. The van der Waals surface area contributed by atoms with Crippen molar-refractivity contribution in [3.8, 4) is 11.5 Å². The summed E-state index contributed by atoms with van der Waals surface area (Å²) in [7, 11) is -3.91. The second-order valence-corrected chi connectivity index (χ2v) is 8.61. The van der Waals surface area contributed by atoms with Gasteiger partial charge in [-0.25, -0.2) is 13.1 Å². The highest BCUT2D eigenvalue weighted by atomic mass is 79.9. The molecule has 0 fully saturated rings. The van der Waals surface area contributed by atoms with Crippen molar-refractivity contribution in [2.75, 3.05) is 19.0 Å². The van der Waals surface area contributed by atoms with E-state index in [-0.39, 0.29) is 10.6 Å². The fraction of sp³-hybridized carbons (Fsp3) is 0.188. The normalized spacial score (nSPS) is 13.3. The van der Waals surface area contributed by atoms with Crippen molar-refractivity contribution in [3.05, 3.63) is 46.9 Å². The van der Waals surface area contributed by atoms with Crippen molar-refractivity contribution in [1.82, 2.24) is 4.72 Å². The molecule has 0 aromatic heterocycles. The lowest BCUT2D eigenvalue weighted by molar-refractivity contribution is -0.116. The fourth-order valence-electron chi connectivity index (χ4n) is 2.16. The van der Waals surface area contributed by atoms with E-state index in [2.05, 4.69) is 20.7 Å². The van der Waals surface area contributed by atoms with E-state index in [0.717, 1.165) is 4.90 Å². The maximum Gasteiger partial charge on any atom is 0.265 e. The molecule has 1 aliphatic rings. The standard InChI is InChI=1S/C16H14BrNO5S2/c17-12-3-1-2-4-15(12)25(20,21)18-16(19)10-24-11-5-6-13-14(9-11)23-8-7-22-13/h1-6,9H,7-8,10H2,(H,18,19). The van der Waals surface area contributed by atoms with E-state index in [1.54, 1.807) is 36.4 Å². The number of carbonyl (C=O) groups is 1. The number of sulfonamides is 1. The van der Waals surface area contributed by atoms with Crippen LogP contribution in [0.1, 0.15) is 0 Å². The summed E-state index contributed by atoms with van der Waals surface area (Å²) >= 11 is 4.39. The molecule has 25 heavy (non-hydrogen) atoms. The molecule has 3 rings (SSSR count). The summed E-state index contributed by atoms with van der Waals surface area (Å²) in [5, 5.41) is 0. The molecule has 0 saturated heterocycles. The Hall–Kier alpha value is -1.71. The highest BCUT2D eigenvalue weighted by Gasteiger charge is 2.20. The molecule has 0 atom stereocenters. The molecule has 1 amide bonds. The van der Waals surface area contributed by atoms with Gasteiger partial charge in [0.15, 0.2) is 11.5 Å². The van der Waals surface area contributed by atoms with Crippen molar-refractivity contribution in [2.24, 2.45) is 0 Å². The van der Waals surface area contributed by atoms with Crippen molar-refractivity contribution in [2.45, 2.75) is 9.79 Å². The molecule has 0 radical (unpaired) electrons. The Morgan fingerprint density at radius 1 is 1.12 bits per heavy atom. The minimum atomic E-state index is -3.91. The Morgan fingerprint density at radius 2 is 1.84 bits per heavy atom. The first kappa shape index (κ1) is 18.1. The van der Waals surface area contributed by atoms with Gasteiger partial charge in [0.2, 0.25) is 5.91 Å². The van der Waals surface area contributed by atoms with Gasteiger partial charge in [-0.2, -0.15) is 0 Å². The van der Waals surface area contributed by atoms with E-state index in [0.29, 0.717) is 29.2 Å². The molecule has 2 aromatic rings. The average Bonchev–Trinajstić information content (AvgIpc) is 2.59. The lowest BCUT2D eigenvalue weighted by Gasteiger charge is -2.18. The van der Waals surface area contributed by atoms with Crippen LogP contribution >= 0.6 is 27.7 Å². The number of nitrogens with one attached hydrogen (secondary N) is 1. The first-order valence-electron chi connectivity index (χ1n) is 7.28. The Kier molecular flexibility index (Phi) is 5.55. The van der Waals surface area contributed by atoms with Crippen LogP contribution in [0.15, 0.2) is 56.7 Å². The second-order valence-electron chi connectivity index (χ2n) is 5.05. The molecule has 9 heteroatoms. The summed E-state index contributed by atoms with van der Waals surface area (Å²) in [4.78, 5) is 12.8.